The minimum absolute atomic E-state index is 0.510. The van der Waals surface area contributed by atoms with Gasteiger partial charge in [0.15, 0.2) is 5.82 Å². The number of hydrogen-bond donors (Lipinski definition) is 0. The van der Waals surface area contributed by atoms with Crippen molar-refractivity contribution in [3.8, 4) is 11.4 Å². The summed E-state index contributed by atoms with van der Waals surface area (Å²) in [5, 5.41) is 4.77. The monoisotopic (exact) mass is 250 g/mol. The van der Waals surface area contributed by atoms with Crippen LogP contribution in [0.2, 0.25) is 5.15 Å². The van der Waals surface area contributed by atoms with E-state index in [9.17, 15) is 0 Å². The Hall–Kier alpha value is -1.42. The Bertz CT molecular complexity index is 510. The Balaban J connectivity index is 2.39. The summed E-state index contributed by atoms with van der Waals surface area (Å²) in [6.07, 6.45) is 4.77. The van der Waals surface area contributed by atoms with Crippen LogP contribution in [0, 0.1) is 13.8 Å². The first-order chi connectivity index (χ1) is 8.11. The summed E-state index contributed by atoms with van der Waals surface area (Å²) in [7, 11) is 0. The van der Waals surface area contributed by atoms with Gasteiger partial charge in [0, 0.05) is 24.0 Å². The molecule has 0 amide bonds. The zero-order valence-corrected chi connectivity index (χ0v) is 11.0. The highest BCUT2D eigenvalue weighted by molar-refractivity contribution is 6.30. The van der Waals surface area contributed by atoms with E-state index in [2.05, 4.69) is 22.0 Å². The van der Waals surface area contributed by atoms with Crippen molar-refractivity contribution in [2.24, 2.45) is 0 Å². The van der Waals surface area contributed by atoms with E-state index in [0.29, 0.717) is 11.0 Å². The summed E-state index contributed by atoms with van der Waals surface area (Å²) in [5.74, 6) is 0.639. The van der Waals surface area contributed by atoms with Gasteiger partial charge in [-0.05, 0) is 20.3 Å². The van der Waals surface area contributed by atoms with E-state index in [4.69, 9.17) is 11.6 Å². The molecule has 0 bridgehead atoms. The normalized spacial score (nSPS) is 10.8. The predicted molar refractivity (Wildman–Crippen MR) is 68.0 cm³/mol. The van der Waals surface area contributed by atoms with Gasteiger partial charge in [-0.25, -0.2) is 9.97 Å². The second-order valence-electron chi connectivity index (χ2n) is 4.04. The summed E-state index contributed by atoms with van der Waals surface area (Å²) in [5.41, 5.74) is 2.74. The maximum atomic E-state index is 6.06. The molecule has 0 atom stereocenters. The summed E-state index contributed by atoms with van der Waals surface area (Å²) in [6, 6.07) is 0. The standard InChI is InChI=1S/C12H15ClN4/c1-4-5-17-7-10(6-14-17)12-15-9(3)8(2)11(13)16-12/h6-7H,4-5H2,1-3H3. The molecule has 0 radical (unpaired) electrons. The van der Waals surface area contributed by atoms with Gasteiger partial charge in [-0.2, -0.15) is 5.10 Å². The molecule has 0 aliphatic heterocycles. The third-order valence-corrected chi connectivity index (χ3v) is 3.04. The lowest BCUT2D eigenvalue weighted by molar-refractivity contribution is 0.603. The summed E-state index contributed by atoms with van der Waals surface area (Å²) in [6.45, 7) is 6.87. The summed E-state index contributed by atoms with van der Waals surface area (Å²) >= 11 is 6.06. The molecule has 4 nitrogen and oxygen atoms in total. The molecule has 0 saturated carbocycles. The SMILES string of the molecule is CCCn1cc(-c2nc(C)c(C)c(Cl)n2)cn1. The van der Waals surface area contributed by atoms with Crippen LogP contribution in [0.4, 0.5) is 0 Å². The number of hydrogen-bond acceptors (Lipinski definition) is 3. The molecule has 2 heterocycles. The Morgan fingerprint density at radius 3 is 2.71 bits per heavy atom. The van der Waals surface area contributed by atoms with E-state index in [1.165, 1.54) is 0 Å². The minimum atomic E-state index is 0.510. The van der Waals surface area contributed by atoms with E-state index >= 15 is 0 Å². The van der Waals surface area contributed by atoms with Crippen molar-refractivity contribution in [2.45, 2.75) is 33.7 Å². The van der Waals surface area contributed by atoms with E-state index in [1.807, 2.05) is 24.7 Å². The first-order valence-electron chi connectivity index (χ1n) is 5.65. The highest BCUT2D eigenvalue weighted by atomic mass is 35.5. The van der Waals surface area contributed by atoms with Crippen LogP contribution in [0.15, 0.2) is 12.4 Å². The third-order valence-electron chi connectivity index (χ3n) is 2.67. The number of aryl methyl sites for hydroxylation is 2. The Morgan fingerprint density at radius 2 is 2.06 bits per heavy atom. The number of nitrogens with zero attached hydrogens (tertiary/aromatic N) is 4. The molecular formula is C12H15ClN4. The van der Waals surface area contributed by atoms with E-state index in [-0.39, 0.29) is 0 Å². The van der Waals surface area contributed by atoms with Crippen LogP contribution in [0.5, 0.6) is 0 Å². The van der Waals surface area contributed by atoms with Gasteiger partial charge in [0.25, 0.3) is 0 Å². The quantitative estimate of drug-likeness (QED) is 0.787. The van der Waals surface area contributed by atoms with Gasteiger partial charge >= 0.3 is 0 Å². The number of aromatic nitrogens is 4. The molecule has 0 aliphatic rings. The highest BCUT2D eigenvalue weighted by Gasteiger charge is 2.09. The van der Waals surface area contributed by atoms with Gasteiger partial charge in [-0.15, -0.1) is 0 Å². The van der Waals surface area contributed by atoms with E-state index in [1.54, 1.807) is 6.20 Å². The van der Waals surface area contributed by atoms with Gasteiger partial charge in [0.1, 0.15) is 5.15 Å². The van der Waals surface area contributed by atoms with E-state index in [0.717, 1.165) is 29.8 Å². The lowest BCUT2D eigenvalue weighted by atomic mass is 10.2. The second kappa shape index (κ2) is 4.84. The minimum Gasteiger partial charge on any atom is -0.272 e. The molecule has 0 aromatic carbocycles. The van der Waals surface area contributed by atoms with Crippen molar-refractivity contribution in [3.05, 3.63) is 28.8 Å². The summed E-state index contributed by atoms with van der Waals surface area (Å²) < 4.78 is 1.89. The maximum Gasteiger partial charge on any atom is 0.164 e. The molecule has 90 valence electrons. The van der Waals surface area contributed by atoms with Crippen molar-refractivity contribution in [3.63, 3.8) is 0 Å². The lowest BCUT2D eigenvalue weighted by Gasteiger charge is -2.03. The Morgan fingerprint density at radius 1 is 1.29 bits per heavy atom. The molecule has 0 N–H and O–H groups in total. The van der Waals surface area contributed by atoms with Crippen molar-refractivity contribution in [1.82, 2.24) is 19.7 Å². The fourth-order valence-electron chi connectivity index (χ4n) is 1.55. The fraction of sp³-hybridized carbons (Fsp3) is 0.417. The first kappa shape index (κ1) is 12.0. The van der Waals surface area contributed by atoms with Gasteiger partial charge in [-0.3, -0.25) is 4.68 Å². The number of rotatable bonds is 3. The molecule has 17 heavy (non-hydrogen) atoms. The molecule has 0 spiro atoms. The largest absolute Gasteiger partial charge is 0.272 e. The van der Waals surface area contributed by atoms with Crippen LogP contribution < -0.4 is 0 Å². The van der Waals surface area contributed by atoms with Crippen molar-refractivity contribution < 1.29 is 0 Å². The van der Waals surface area contributed by atoms with Crippen LogP contribution in [0.1, 0.15) is 24.6 Å². The van der Waals surface area contributed by atoms with Crippen molar-refractivity contribution in [1.29, 1.82) is 0 Å². The lowest BCUT2D eigenvalue weighted by Crippen LogP contribution is -1.97. The van der Waals surface area contributed by atoms with Gasteiger partial charge in [0.05, 0.1) is 11.8 Å². The van der Waals surface area contributed by atoms with Gasteiger partial charge in [-0.1, -0.05) is 18.5 Å². The molecule has 0 unspecified atom stereocenters. The maximum absolute atomic E-state index is 6.06. The topological polar surface area (TPSA) is 43.6 Å². The molecule has 0 fully saturated rings. The van der Waals surface area contributed by atoms with Gasteiger partial charge in [0.2, 0.25) is 0 Å². The number of halogens is 1. The average molecular weight is 251 g/mol. The second-order valence-corrected chi connectivity index (χ2v) is 4.40. The van der Waals surface area contributed by atoms with Gasteiger partial charge < -0.3 is 0 Å². The zero-order valence-electron chi connectivity index (χ0n) is 10.2. The summed E-state index contributed by atoms with van der Waals surface area (Å²) in [4.78, 5) is 8.71. The Labute approximate surface area is 106 Å². The van der Waals surface area contributed by atoms with Crippen molar-refractivity contribution in [2.75, 3.05) is 0 Å². The van der Waals surface area contributed by atoms with Crippen LogP contribution >= 0.6 is 11.6 Å². The van der Waals surface area contributed by atoms with E-state index < -0.39 is 0 Å². The Kier molecular flexibility index (Phi) is 3.43. The molecule has 2 rings (SSSR count). The molecule has 2 aromatic rings. The van der Waals surface area contributed by atoms with Crippen LogP contribution in [-0.4, -0.2) is 19.7 Å². The smallest absolute Gasteiger partial charge is 0.164 e. The van der Waals surface area contributed by atoms with Crippen LogP contribution in [-0.2, 0) is 6.54 Å². The molecule has 0 saturated heterocycles. The van der Waals surface area contributed by atoms with Crippen molar-refractivity contribution >= 4 is 11.6 Å². The average Bonchev–Trinajstić information content (AvgIpc) is 2.74. The highest BCUT2D eigenvalue weighted by Crippen LogP contribution is 2.20. The zero-order chi connectivity index (χ0) is 12.4. The first-order valence-corrected chi connectivity index (χ1v) is 6.03. The molecular weight excluding hydrogens is 236 g/mol. The predicted octanol–water partition coefficient (Wildman–Crippen LogP) is 3.02. The van der Waals surface area contributed by atoms with Crippen LogP contribution in [0.3, 0.4) is 0 Å². The third kappa shape index (κ3) is 2.47. The molecule has 0 aliphatic carbocycles. The molecule has 2 aromatic heterocycles. The van der Waals surface area contributed by atoms with Crippen LogP contribution in [0.25, 0.3) is 11.4 Å². The fourth-order valence-corrected chi connectivity index (χ4v) is 1.77. The molecule has 5 heteroatoms.